The molecule has 0 saturated heterocycles. The highest BCUT2D eigenvalue weighted by Crippen LogP contribution is 2.39. The van der Waals surface area contributed by atoms with Gasteiger partial charge in [-0.1, -0.05) is 0 Å². The van der Waals surface area contributed by atoms with E-state index < -0.39 is 65.5 Å². The van der Waals surface area contributed by atoms with Crippen LogP contribution in [0.4, 0.5) is 22.7 Å². The second kappa shape index (κ2) is 7.40. The van der Waals surface area contributed by atoms with Crippen LogP contribution in [0.1, 0.15) is 17.0 Å². The summed E-state index contributed by atoms with van der Waals surface area (Å²) < 4.78 is 0. The lowest BCUT2D eigenvalue weighted by molar-refractivity contribution is -0.395. The number of rotatable bonds is 7. The SMILES string of the molecule is O=C(O)C(c1ccc([N+](=O)[O-])cc1[N+](=O)[O-])c1ccc([N+](=O)[O-])cc1[N+](=O)[O-]. The first-order valence-corrected chi connectivity index (χ1v) is 7.12. The molecule has 144 valence electrons. The molecule has 28 heavy (non-hydrogen) atoms. The molecule has 0 unspecified atom stereocenters. The molecule has 0 heterocycles. The van der Waals surface area contributed by atoms with Gasteiger partial charge in [-0.25, -0.2) is 0 Å². The maximum atomic E-state index is 11.8. The second-order valence-corrected chi connectivity index (χ2v) is 5.29. The maximum Gasteiger partial charge on any atom is 0.316 e. The van der Waals surface area contributed by atoms with E-state index in [-0.39, 0.29) is 0 Å². The summed E-state index contributed by atoms with van der Waals surface area (Å²) in [5, 5.41) is 53.7. The summed E-state index contributed by atoms with van der Waals surface area (Å²) in [5.74, 6) is -3.70. The van der Waals surface area contributed by atoms with Gasteiger partial charge in [0.15, 0.2) is 0 Å². The molecule has 1 N–H and O–H groups in total. The molecule has 0 saturated carbocycles. The van der Waals surface area contributed by atoms with E-state index in [2.05, 4.69) is 0 Å². The van der Waals surface area contributed by atoms with E-state index in [0.29, 0.717) is 12.1 Å². The summed E-state index contributed by atoms with van der Waals surface area (Å²) in [6, 6.07) is 4.30. The van der Waals surface area contributed by atoms with Crippen molar-refractivity contribution < 1.29 is 29.6 Å². The minimum absolute atomic E-state index is 0.530. The standard InChI is InChI=1S/C14H8N4O10/c19-14(20)13(9-3-1-7(15(21)22)5-11(9)17(25)26)10-4-2-8(16(23)24)6-12(10)18(27)28/h1-6,13H,(H,19,20). The van der Waals surface area contributed by atoms with Gasteiger partial charge in [0, 0.05) is 23.3 Å². The summed E-state index contributed by atoms with van der Waals surface area (Å²) in [7, 11) is 0. The predicted molar refractivity (Wildman–Crippen MR) is 89.0 cm³/mol. The zero-order valence-corrected chi connectivity index (χ0v) is 13.5. The zero-order valence-electron chi connectivity index (χ0n) is 13.5. The van der Waals surface area contributed by atoms with Gasteiger partial charge in [-0.2, -0.15) is 0 Å². The van der Waals surface area contributed by atoms with Crippen molar-refractivity contribution in [3.63, 3.8) is 0 Å². The number of nitrogens with zero attached hydrogens (tertiary/aromatic N) is 4. The van der Waals surface area contributed by atoms with Gasteiger partial charge in [0.2, 0.25) is 0 Å². The highest BCUT2D eigenvalue weighted by molar-refractivity contribution is 5.84. The molecular weight excluding hydrogens is 384 g/mol. The Morgan fingerprint density at radius 3 is 1.32 bits per heavy atom. The van der Waals surface area contributed by atoms with Crippen LogP contribution in [0.5, 0.6) is 0 Å². The van der Waals surface area contributed by atoms with Crippen LogP contribution >= 0.6 is 0 Å². The number of hydrogen-bond acceptors (Lipinski definition) is 9. The number of non-ortho nitro benzene ring substituents is 2. The van der Waals surface area contributed by atoms with E-state index in [9.17, 15) is 50.4 Å². The number of nitro groups is 4. The Morgan fingerprint density at radius 1 is 0.714 bits per heavy atom. The maximum absolute atomic E-state index is 11.8. The molecule has 2 aromatic rings. The number of nitro benzene ring substituents is 4. The van der Waals surface area contributed by atoms with Crippen molar-refractivity contribution in [1.82, 2.24) is 0 Å². The minimum atomic E-state index is -1.97. The number of carbonyl (C=O) groups is 1. The van der Waals surface area contributed by atoms with Crippen LogP contribution in [0.25, 0.3) is 0 Å². The molecule has 0 spiro atoms. The zero-order chi connectivity index (χ0) is 21.2. The Labute approximate surface area is 153 Å². The normalized spacial score (nSPS) is 10.5. The largest absolute Gasteiger partial charge is 0.481 e. The quantitative estimate of drug-likeness (QED) is 0.537. The summed E-state index contributed by atoms with van der Waals surface area (Å²) in [6.45, 7) is 0. The monoisotopic (exact) mass is 392 g/mol. The minimum Gasteiger partial charge on any atom is -0.481 e. The first-order chi connectivity index (χ1) is 13.0. The molecular formula is C14H8N4O10. The van der Waals surface area contributed by atoms with Crippen molar-refractivity contribution >= 4 is 28.7 Å². The van der Waals surface area contributed by atoms with Crippen LogP contribution in [-0.2, 0) is 4.79 Å². The lowest BCUT2D eigenvalue weighted by atomic mass is 9.88. The van der Waals surface area contributed by atoms with Crippen molar-refractivity contribution in [2.45, 2.75) is 5.92 Å². The highest BCUT2D eigenvalue weighted by Gasteiger charge is 2.36. The first-order valence-electron chi connectivity index (χ1n) is 7.12. The van der Waals surface area contributed by atoms with Gasteiger partial charge in [0.1, 0.15) is 5.92 Å². The van der Waals surface area contributed by atoms with E-state index in [1.54, 1.807) is 0 Å². The number of carboxylic acid groups (broad SMARTS) is 1. The molecule has 14 heteroatoms. The highest BCUT2D eigenvalue weighted by atomic mass is 16.6. The average molecular weight is 392 g/mol. The fourth-order valence-corrected chi connectivity index (χ4v) is 2.53. The number of aliphatic carboxylic acids is 1. The lowest BCUT2D eigenvalue weighted by Gasteiger charge is -2.13. The van der Waals surface area contributed by atoms with Crippen molar-refractivity contribution in [3.05, 3.63) is 88.0 Å². The fourth-order valence-electron chi connectivity index (χ4n) is 2.53. The molecule has 0 radical (unpaired) electrons. The molecule has 0 atom stereocenters. The summed E-state index contributed by atoms with van der Waals surface area (Å²) in [5.41, 5.74) is -4.35. The van der Waals surface area contributed by atoms with E-state index in [0.717, 1.165) is 24.3 Å². The molecule has 2 aromatic carbocycles. The van der Waals surface area contributed by atoms with Crippen LogP contribution in [0.3, 0.4) is 0 Å². The van der Waals surface area contributed by atoms with Crippen LogP contribution in [0.15, 0.2) is 36.4 Å². The summed E-state index contributed by atoms with van der Waals surface area (Å²) in [6.07, 6.45) is 0. The van der Waals surface area contributed by atoms with Crippen molar-refractivity contribution in [2.75, 3.05) is 0 Å². The molecule has 0 aliphatic rings. The lowest BCUT2D eigenvalue weighted by Crippen LogP contribution is -2.16. The Kier molecular flexibility index (Phi) is 5.24. The van der Waals surface area contributed by atoms with Crippen molar-refractivity contribution in [1.29, 1.82) is 0 Å². The predicted octanol–water partition coefficient (Wildman–Crippen LogP) is 2.54. The third-order valence-corrected chi connectivity index (χ3v) is 3.71. The van der Waals surface area contributed by atoms with Crippen LogP contribution in [0, 0.1) is 40.5 Å². The van der Waals surface area contributed by atoms with E-state index in [1.807, 2.05) is 0 Å². The average Bonchev–Trinajstić information content (AvgIpc) is 2.61. The van der Waals surface area contributed by atoms with E-state index in [1.165, 1.54) is 0 Å². The molecule has 14 nitrogen and oxygen atoms in total. The topological polar surface area (TPSA) is 210 Å². The molecule has 0 aliphatic heterocycles. The van der Waals surface area contributed by atoms with Crippen LogP contribution in [0.2, 0.25) is 0 Å². The Bertz CT molecular complexity index is 959. The molecule has 0 bridgehead atoms. The number of carboxylic acids is 1. The number of benzene rings is 2. The third-order valence-electron chi connectivity index (χ3n) is 3.71. The Balaban J connectivity index is 2.80. The van der Waals surface area contributed by atoms with Crippen LogP contribution < -0.4 is 0 Å². The van der Waals surface area contributed by atoms with Gasteiger partial charge >= 0.3 is 5.97 Å². The van der Waals surface area contributed by atoms with Gasteiger partial charge in [-0.3, -0.25) is 45.3 Å². The Hall–Kier alpha value is -4.49. The van der Waals surface area contributed by atoms with Gasteiger partial charge in [0.25, 0.3) is 22.7 Å². The third kappa shape index (κ3) is 3.69. The Morgan fingerprint density at radius 2 is 1.07 bits per heavy atom. The van der Waals surface area contributed by atoms with E-state index in [4.69, 9.17) is 0 Å². The fraction of sp³-hybridized carbons (Fsp3) is 0.0714. The number of hydrogen-bond donors (Lipinski definition) is 1. The molecule has 0 aromatic heterocycles. The second-order valence-electron chi connectivity index (χ2n) is 5.29. The molecule has 0 amide bonds. The van der Waals surface area contributed by atoms with Gasteiger partial charge < -0.3 is 5.11 Å². The van der Waals surface area contributed by atoms with Gasteiger partial charge in [-0.05, 0) is 12.1 Å². The molecule has 0 fully saturated rings. The first kappa shape index (κ1) is 19.8. The van der Waals surface area contributed by atoms with Gasteiger partial charge in [-0.15, -0.1) is 0 Å². The van der Waals surface area contributed by atoms with Crippen molar-refractivity contribution in [2.24, 2.45) is 0 Å². The van der Waals surface area contributed by atoms with Gasteiger partial charge in [0.05, 0.1) is 31.8 Å². The van der Waals surface area contributed by atoms with E-state index >= 15 is 0 Å². The molecule has 2 rings (SSSR count). The summed E-state index contributed by atoms with van der Waals surface area (Å²) >= 11 is 0. The van der Waals surface area contributed by atoms with Crippen LogP contribution in [-0.4, -0.2) is 30.8 Å². The molecule has 0 aliphatic carbocycles. The van der Waals surface area contributed by atoms with Crippen molar-refractivity contribution in [3.8, 4) is 0 Å². The smallest absolute Gasteiger partial charge is 0.316 e. The summed E-state index contributed by atoms with van der Waals surface area (Å²) in [4.78, 5) is 52.0.